The van der Waals surface area contributed by atoms with Crippen molar-refractivity contribution in [1.29, 1.82) is 0 Å². The van der Waals surface area contributed by atoms with E-state index in [4.69, 9.17) is 21.4 Å². The molecule has 8 nitrogen and oxygen atoms in total. The van der Waals surface area contributed by atoms with E-state index in [9.17, 15) is 19.7 Å². The van der Waals surface area contributed by atoms with Crippen LogP contribution in [-0.4, -0.2) is 46.5 Å². The maximum Gasteiger partial charge on any atom is 0.407 e. The van der Waals surface area contributed by atoms with E-state index in [0.717, 1.165) is 6.07 Å². The van der Waals surface area contributed by atoms with Crippen molar-refractivity contribution in [2.24, 2.45) is 5.92 Å². The van der Waals surface area contributed by atoms with Crippen LogP contribution in [0.15, 0.2) is 18.2 Å². The number of nitro benzene ring substituents is 1. The first-order valence-corrected chi connectivity index (χ1v) is 7.33. The number of benzene rings is 1. The smallest absolute Gasteiger partial charge is 0.407 e. The number of halogens is 1. The molecule has 0 unspecified atom stereocenters. The van der Waals surface area contributed by atoms with Crippen molar-refractivity contribution >= 4 is 29.2 Å². The van der Waals surface area contributed by atoms with Gasteiger partial charge in [0.2, 0.25) is 0 Å². The number of carboxylic acid groups (broad SMARTS) is 1. The standard InChI is InChI=1S/C14H15ClN2O6/c15-10-1-2-13(11(7-10)17(21)22)23-8-12(18)9-3-5-16(6-4-9)14(19)20/h1-2,7,9H,3-6,8H2,(H,19,20). The van der Waals surface area contributed by atoms with E-state index in [1.54, 1.807) is 0 Å². The second-order valence-corrected chi connectivity index (χ2v) is 5.60. The summed E-state index contributed by atoms with van der Waals surface area (Å²) in [6.07, 6.45) is -0.141. The Kier molecular flexibility index (Phi) is 5.38. The van der Waals surface area contributed by atoms with Gasteiger partial charge in [-0.3, -0.25) is 14.9 Å². The van der Waals surface area contributed by atoms with Crippen LogP contribution in [-0.2, 0) is 4.79 Å². The second kappa shape index (κ2) is 7.28. The zero-order valence-corrected chi connectivity index (χ0v) is 12.9. The Balaban J connectivity index is 1.93. The summed E-state index contributed by atoms with van der Waals surface area (Å²) in [6.45, 7) is 0.305. The second-order valence-electron chi connectivity index (χ2n) is 5.17. The maximum absolute atomic E-state index is 12.1. The molecule has 1 aliphatic rings. The summed E-state index contributed by atoms with van der Waals surface area (Å²) < 4.78 is 5.26. The molecule has 1 aliphatic heterocycles. The first kappa shape index (κ1) is 17.0. The number of likely N-dealkylation sites (tertiary alicyclic amines) is 1. The van der Waals surface area contributed by atoms with Gasteiger partial charge in [0.15, 0.2) is 11.5 Å². The van der Waals surface area contributed by atoms with Crippen molar-refractivity contribution in [1.82, 2.24) is 4.90 Å². The molecule has 0 aliphatic carbocycles. The molecule has 1 aromatic rings. The number of hydrogen-bond donors (Lipinski definition) is 1. The van der Waals surface area contributed by atoms with Crippen LogP contribution >= 0.6 is 11.6 Å². The highest BCUT2D eigenvalue weighted by atomic mass is 35.5. The molecule has 9 heteroatoms. The van der Waals surface area contributed by atoms with Crippen LogP contribution in [0.2, 0.25) is 5.02 Å². The van der Waals surface area contributed by atoms with Crippen LogP contribution in [0, 0.1) is 16.0 Å². The largest absolute Gasteiger partial charge is 0.479 e. The minimum atomic E-state index is -0.996. The number of rotatable bonds is 5. The molecule has 1 amide bonds. The van der Waals surface area contributed by atoms with E-state index >= 15 is 0 Å². The van der Waals surface area contributed by atoms with E-state index in [1.165, 1.54) is 17.0 Å². The van der Waals surface area contributed by atoms with Gasteiger partial charge in [-0.15, -0.1) is 0 Å². The molecule has 23 heavy (non-hydrogen) atoms. The number of carbonyl (C=O) groups excluding carboxylic acids is 1. The quantitative estimate of drug-likeness (QED) is 0.650. The summed E-state index contributed by atoms with van der Waals surface area (Å²) in [5.74, 6) is -0.507. The molecule has 1 fully saturated rings. The number of nitrogens with zero attached hydrogens (tertiary/aromatic N) is 2. The average Bonchev–Trinajstić information content (AvgIpc) is 2.53. The minimum absolute atomic E-state index is 0.0179. The molecule has 2 rings (SSSR count). The number of ketones is 1. The van der Waals surface area contributed by atoms with Gasteiger partial charge in [0, 0.05) is 30.1 Å². The van der Waals surface area contributed by atoms with Gasteiger partial charge in [-0.1, -0.05) is 11.6 Å². The third kappa shape index (κ3) is 4.32. The van der Waals surface area contributed by atoms with Crippen LogP contribution in [0.1, 0.15) is 12.8 Å². The number of Topliss-reactive ketones (excluding diaryl/α,β-unsaturated/α-hetero) is 1. The molecule has 0 atom stereocenters. The normalized spacial score (nSPS) is 15.3. The molecule has 124 valence electrons. The highest BCUT2D eigenvalue weighted by Crippen LogP contribution is 2.30. The molecule has 1 saturated heterocycles. The highest BCUT2D eigenvalue weighted by molar-refractivity contribution is 6.30. The Morgan fingerprint density at radius 2 is 2.04 bits per heavy atom. The third-order valence-corrected chi connectivity index (χ3v) is 3.94. The van der Waals surface area contributed by atoms with Crippen molar-refractivity contribution in [3.63, 3.8) is 0 Å². The Hall–Kier alpha value is -2.35. The number of amides is 1. The van der Waals surface area contributed by atoms with E-state index in [-0.39, 0.29) is 34.8 Å². The van der Waals surface area contributed by atoms with Gasteiger partial charge in [0.25, 0.3) is 0 Å². The lowest BCUT2D eigenvalue weighted by atomic mass is 9.93. The molecule has 1 aromatic carbocycles. The topological polar surface area (TPSA) is 110 Å². The Labute approximate surface area is 136 Å². The summed E-state index contributed by atoms with van der Waals surface area (Å²) in [4.78, 5) is 34.5. The zero-order valence-electron chi connectivity index (χ0n) is 12.1. The number of nitro groups is 1. The number of carbonyl (C=O) groups is 2. The van der Waals surface area contributed by atoms with Crippen LogP contribution in [0.5, 0.6) is 5.75 Å². The fourth-order valence-electron chi connectivity index (χ4n) is 2.41. The minimum Gasteiger partial charge on any atom is -0.479 e. The monoisotopic (exact) mass is 342 g/mol. The molecular formula is C14H15ClN2O6. The predicted molar refractivity (Wildman–Crippen MR) is 80.9 cm³/mol. The lowest BCUT2D eigenvalue weighted by molar-refractivity contribution is -0.385. The van der Waals surface area contributed by atoms with Gasteiger partial charge in [0.05, 0.1) is 4.92 Å². The summed E-state index contributed by atoms with van der Waals surface area (Å²) in [6, 6.07) is 3.95. The number of ether oxygens (including phenoxy) is 1. The lowest BCUT2D eigenvalue weighted by Crippen LogP contribution is -2.40. The van der Waals surface area contributed by atoms with Crippen LogP contribution in [0.3, 0.4) is 0 Å². The zero-order chi connectivity index (χ0) is 17.0. The van der Waals surface area contributed by atoms with Gasteiger partial charge in [-0.2, -0.15) is 0 Å². The molecule has 1 N–H and O–H groups in total. The van der Waals surface area contributed by atoms with Gasteiger partial charge < -0.3 is 14.7 Å². The SMILES string of the molecule is O=C(COc1ccc(Cl)cc1[N+](=O)[O-])C1CCN(C(=O)O)CC1. The summed E-state index contributed by atoms with van der Waals surface area (Å²) in [5.41, 5.74) is -0.300. The maximum atomic E-state index is 12.1. The Morgan fingerprint density at radius 1 is 1.39 bits per heavy atom. The van der Waals surface area contributed by atoms with E-state index in [1.807, 2.05) is 0 Å². The predicted octanol–water partition coefficient (Wildman–Crippen LogP) is 2.59. The first-order valence-electron chi connectivity index (χ1n) is 6.96. The fraction of sp³-hybridized carbons (Fsp3) is 0.429. The highest BCUT2D eigenvalue weighted by Gasteiger charge is 2.27. The van der Waals surface area contributed by atoms with Crippen molar-refractivity contribution in [2.75, 3.05) is 19.7 Å². The summed E-state index contributed by atoms with van der Waals surface area (Å²) in [7, 11) is 0. The molecular weight excluding hydrogens is 328 g/mol. The average molecular weight is 343 g/mol. The molecule has 0 bridgehead atoms. The van der Waals surface area contributed by atoms with Crippen LogP contribution < -0.4 is 4.74 Å². The van der Waals surface area contributed by atoms with Crippen molar-refractivity contribution in [2.45, 2.75) is 12.8 Å². The van der Waals surface area contributed by atoms with Crippen molar-refractivity contribution in [3.8, 4) is 5.75 Å². The van der Waals surface area contributed by atoms with E-state index < -0.39 is 11.0 Å². The van der Waals surface area contributed by atoms with Crippen LogP contribution in [0.25, 0.3) is 0 Å². The van der Waals surface area contributed by atoms with E-state index in [2.05, 4.69) is 0 Å². The third-order valence-electron chi connectivity index (χ3n) is 3.71. The first-order chi connectivity index (χ1) is 10.9. The Bertz CT molecular complexity index is 628. The van der Waals surface area contributed by atoms with Crippen molar-refractivity contribution in [3.05, 3.63) is 33.3 Å². The fourth-order valence-corrected chi connectivity index (χ4v) is 2.58. The number of piperidine rings is 1. The summed E-state index contributed by atoms with van der Waals surface area (Å²) >= 11 is 5.71. The molecule has 0 aromatic heterocycles. The Morgan fingerprint density at radius 3 is 2.61 bits per heavy atom. The lowest BCUT2D eigenvalue weighted by Gasteiger charge is -2.29. The van der Waals surface area contributed by atoms with Gasteiger partial charge in [-0.25, -0.2) is 4.79 Å². The molecule has 0 radical (unpaired) electrons. The van der Waals surface area contributed by atoms with E-state index in [0.29, 0.717) is 25.9 Å². The number of hydrogen-bond acceptors (Lipinski definition) is 5. The van der Waals surface area contributed by atoms with Gasteiger partial charge >= 0.3 is 11.8 Å². The molecule has 0 spiro atoms. The summed E-state index contributed by atoms with van der Waals surface area (Å²) in [5, 5.41) is 20.0. The van der Waals surface area contributed by atoms with Crippen LogP contribution in [0.4, 0.5) is 10.5 Å². The molecule has 1 heterocycles. The van der Waals surface area contributed by atoms with Gasteiger partial charge in [-0.05, 0) is 25.0 Å². The van der Waals surface area contributed by atoms with Crippen molar-refractivity contribution < 1.29 is 24.4 Å². The molecule has 0 saturated carbocycles. The van der Waals surface area contributed by atoms with Gasteiger partial charge in [0.1, 0.15) is 6.61 Å².